The van der Waals surface area contributed by atoms with Gasteiger partial charge in [0.25, 0.3) is 0 Å². The molecule has 3 atom stereocenters. The smallest absolute Gasteiger partial charge is 0.303 e. The third-order valence-electron chi connectivity index (χ3n) is 7.33. The van der Waals surface area contributed by atoms with E-state index in [0.717, 1.165) is 28.9 Å². The van der Waals surface area contributed by atoms with Gasteiger partial charge >= 0.3 is 5.56 Å². The lowest BCUT2D eigenvalue weighted by molar-refractivity contribution is 0.0989. The van der Waals surface area contributed by atoms with Crippen LogP contribution in [0.4, 0.5) is 10.1 Å². The predicted octanol–water partition coefficient (Wildman–Crippen LogP) is 3.68. The maximum atomic E-state index is 15.6. The fourth-order valence-electron chi connectivity index (χ4n) is 5.27. The predicted molar refractivity (Wildman–Crippen MR) is 138 cm³/mol. The summed E-state index contributed by atoms with van der Waals surface area (Å²) >= 11 is 1.53. The molecule has 0 N–H and O–H groups in total. The van der Waals surface area contributed by atoms with Gasteiger partial charge in [0.05, 0.1) is 41.1 Å². The van der Waals surface area contributed by atoms with Crippen molar-refractivity contribution < 1.29 is 4.39 Å². The maximum absolute atomic E-state index is 15.6. The average Bonchev–Trinajstić information content (AvgIpc) is 3.53. The van der Waals surface area contributed by atoms with Gasteiger partial charge in [0, 0.05) is 38.3 Å². The molecule has 1 aliphatic heterocycles. The molecule has 11 heteroatoms. The number of hydrogen-bond acceptors (Lipinski definition) is 8. The van der Waals surface area contributed by atoms with Crippen LogP contribution in [0.1, 0.15) is 51.0 Å². The van der Waals surface area contributed by atoms with E-state index >= 15 is 4.39 Å². The first-order valence-electron chi connectivity index (χ1n) is 12.2. The van der Waals surface area contributed by atoms with Gasteiger partial charge in [-0.3, -0.25) is 9.69 Å². The molecule has 0 aliphatic carbocycles. The van der Waals surface area contributed by atoms with E-state index in [1.807, 2.05) is 22.5 Å². The lowest BCUT2D eigenvalue weighted by Crippen LogP contribution is -2.59. The molecule has 0 saturated carbocycles. The number of nitrogens with zero attached hydrogens (tertiary/aromatic N) is 8. The molecule has 1 unspecified atom stereocenters. The molecular formula is C25H29FN8OS. The van der Waals surface area contributed by atoms with E-state index in [1.54, 1.807) is 10.7 Å². The second kappa shape index (κ2) is 9.59. The Labute approximate surface area is 212 Å². The zero-order valence-electron chi connectivity index (χ0n) is 20.8. The van der Waals surface area contributed by atoms with Crippen LogP contribution in [-0.4, -0.2) is 54.2 Å². The number of piperazine rings is 1. The molecule has 188 valence electrons. The van der Waals surface area contributed by atoms with Crippen LogP contribution in [0.2, 0.25) is 0 Å². The number of anilines is 1. The fraction of sp³-hybridized carbons (Fsp3) is 0.480. The summed E-state index contributed by atoms with van der Waals surface area (Å²) in [6.07, 6.45) is 3.36. The topological polar surface area (TPSA) is 95.4 Å². The largest absolute Gasteiger partial charge is 0.360 e. The third kappa shape index (κ3) is 3.94. The SMILES string of the molecule is CC[C@H]1CN(C(C)c2ccc3ncsc3n2)[C@H](CC)CN1c1c(F)c(=O)n(C)n2cc(CC#N)nc12. The monoisotopic (exact) mass is 508 g/mol. The van der Waals surface area contributed by atoms with Crippen LogP contribution in [-0.2, 0) is 13.5 Å². The minimum absolute atomic E-state index is 0.0242. The molecule has 9 nitrogen and oxygen atoms in total. The van der Waals surface area contributed by atoms with Crippen LogP contribution in [0.5, 0.6) is 0 Å². The van der Waals surface area contributed by atoms with Crippen molar-refractivity contribution in [1.29, 1.82) is 5.26 Å². The van der Waals surface area contributed by atoms with Gasteiger partial charge in [-0.25, -0.2) is 24.1 Å². The lowest BCUT2D eigenvalue weighted by Gasteiger charge is -2.49. The molecule has 1 fully saturated rings. The maximum Gasteiger partial charge on any atom is 0.303 e. The van der Waals surface area contributed by atoms with Crippen molar-refractivity contribution in [3.8, 4) is 6.07 Å². The second-order valence-electron chi connectivity index (χ2n) is 9.29. The van der Waals surface area contributed by atoms with E-state index in [-0.39, 0.29) is 30.2 Å². The molecule has 0 spiro atoms. The molecular weight excluding hydrogens is 479 g/mol. The molecule has 1 aliphatic rings. The van der Waals surface area contributed by atoms with Gasteiger partial charge in [-0.2, -0.15) is 9.65 Å². The quantitative estimate of drug-likeness (QED) is 0.392. The highest BCUT2D eigenvalue weighted by molar-refractivity contribution is 7.16. The highest BCUT2D eigenvalue weighted by Crippen LogP contribution is 2.34. The van der Waals surface area contributed by atoms with Crippen molar-refractivity contribution >= 4 is 33.0 Å². The van der Waals surface area contributed by atoms with Crippen molar-refractivity contribution in [2.75, 3.05) is 18.0 Å². The molecule has 4 aromatic rings. The Kier molecular flexibility index (Phi) is 6.49. The number of aryl methyl sites for hydroxylation is 1. The van der Waals surface area contributed by atoms with Gasteiger partial charge in [0.2, 0.25) is 5.82 Å². The van der Waals surface area contributed by atoms with E-state index in [9.17, 15) is 4.79 Å². The van der Waals surface area contributed by atoms with Crippen LogP contribution >= 0.6 is 11.3 Å². The minimum Gasteiger partial charge on any atom is -0.360 e. The Balaban J connectivity index is 1.54. The first kappa shape index (κ1) is 24.3. The summed E-state index contributed by atoms with van der Waals surface area (Å²) in [7, 11) is 1.51. The highest BCUT2D eigenvalue weighted by Gasteiger charge is 2.38. The number of hydrogen-bond donors (Lipinski definition) is 0. The van der Waals surface area contributed by atoms with Crippen molar-refractivity contribution in [1.82, 2.24) is 29.0 Å². The minimum atomic E-state index is -0.800. The van der Waals surface area contributed by atoms with Gasteiger partial charge in [0.15, 0.2) is 5.65 Å². The number of halogens is 1. The van der Waals surface area contributed by atoms with Crippen LogP contribution in [0, 0.1) is 17.1 Å². The molecule has 0 bridgehead atoms. The Morgan fingerprint density at radius 2 is 2.00 bits per heavy atom. The molecule has 4 aromatic heterocycles. The molecule has 0 amide bonds. The Morgan fingerprint density at radius 1 is 1.22 bits per heavy atom. The van der Waals surface area contributed by atoms with Crippen molar-refractivity contribution in [2.24, 2.45) is 7.05 Å². The van der Waals surface area contributed by atoms with Crippen molar-refractivity contribution in [3.05, 3.63) is 51.4 Å². The van der Waals surface area contributed by atoms with Gasteiger partial charge in [-0.05, 0) is 31.9 Å². The van der Waals surface area contributed by atoms with Gasteiger partial charge in [-0.1, -0.05) is 13.8 Å². The zero-order chi connectivity index (χ0) is 25.6. The summed E-state index contributed by atoms with van der Waals surface area (Å²) in [6.45, 7) is 7.63. The van der Waals surface area contributed by atoms with Crippen LogP contribution in [0.15, 0.2) is 28.6 Å². The van der Waals surface area contributed by atoms with E-state index < -0.39 is 11.4 Å². The second-order valence-corrected chi connectivity index (χ2v) is 10.1. The van der Waals surface area contributed by atoms with Crippen molar-refractivity contribution in [3.63, 3.8) is 0 Å². The first-order chi connectivity index (χ1) is 17.4. The molecule has 36 heavy (non-hydrogen) atoms. The van der Waals surface area contributed by atoms with Gasteiger partial charge in [0.1, 0.15) is 10.5 Å². The molecule has 1 saturated heterocycles. The van der Waals surface area contributed by atoms with Crippen LogP contribution in [0.25, 0.3) is 16.0 Å². The summed E-state index contributed by atoms with van der Waals surface area (Å²) in [4.78, 5) is 32.0. The standard InChI is InChI=1S/C25H29FN8OS/c1-5-17-13-33(22-21(26)25(35)31(4)34-11-16(9-10-27)29-23(22)34)18(6-2)12-32(17)15(3)19-7-8-20-24(30-19)36-14-28-20/h7-8,11,14-15,17-18H,5-6,9,12-13H2,1-4H3/t15?,17-,18+/m1/s1. The van der Waals surface area contributed by atoms with E-state index in [2.05, 4.69) is 41.7 Å². The number of pyridine rings is 1. The van der Waals surface area contributed by atoms with Crippen molar-refractivity contribution in [2.45, 2.75) is 58.2 Å². The Bertz CT molecular complexity index is 1520. The average molecular weight is 509 g/mol. The molecule has 5 heterocycles. The Morgan fingerprint density at radius 3 is 2.72 bits per heavy atom. The highest BCUT2D eigenvalue weighted by atomic mass is 32.1. The first-order valence-corrected chi connectivity index (χ1v) is 13.1. The number of rotatable bonds is 6. The molecule has 0 aromatic carbocycles. The molecule has 0 radical (unpaired) electrons. The van der Waals surface area contributed by atoms with Gasteiger partial charge < -0.3 is 4.90 Å². The molecule has 5 rings (SSSR count). The summed E-state index contributed by atoms with van der Waals surface area (Å²) in [5, 5.41) is 9.14. The summed E-state index contributed by atoms with van der Waals surface area (Å²) in [6, 6.07) is 6.31. The Hall–Kier alpha value is -3.36. The normalized spacial score (nSPS) is 19.7. The summed E-state index contributed by atoms with van der Waals surface area (Å²) in [5.41, 5.74) is 4.10. The number of fused-ring (bicyclic) bond motifs is 2. The number of imidazole rings is 1. The fourth-order valence-corrected chi connectivity index (χ4v) is 5.94. The lowest BCUT2D eigenvalue weighted by atomic mass is 9.98. The van der Waals surface area contributed by atoms with Gasteiger partial charge in [-0.15, -0.1) is 11.3 Å². The number of nitriles is 1. The number of thiazole rings is 1. The summed E-state index contributed by atoms with van der Waals surface area (Å²) < 4.78 is 18.4. The van der Waals surface area contributed by atoms with E-state index in [4.69, 9.17) is 10.2 Å². The van der Waals surface area contributed by atoms with E-state index in [0.29, 0.717) is 24.4 Å². The zero-order valence-corrected chi connectivity index (χ0v) is 21.7. The van der Waals surface area contributed by atoms with Crippen LogP contribution in [0.3, 0.4) is 0 Å². The third-order valence-corrected chi connectivity index (χ3v) is 8.07. The van der Waals surface area contributed by atoms with E-state index in [1.165, 1.54) is 23.1 Å². The summed E-state index contributed by atoms with van der Waals surface area (Å²) in [5.74, 6) is -0.800. The number of aromatic nitrogens is 5. The van der Waals surface area contributed by atoms with Crippen LogP contribution < -0.4 is 10.5 Å².